The number of amides is 2. The van der Waals surface area contributed by atoms with Crippen molar-refractivity contribution in [1.82, 2.24) is 15.4 Å². The van der Waals surface area contributed by atoms with Gasteiger partial charge in [-0.2, -0.15) is 0 Å². The van der Waals surface area contributed by atoms with Gasteiger partial charge in [-0.05, 0) is 31.4 Å². The number of nitrogens with zero attached hydrogens (tertiary/aromatic N) is 2. The van der Waals surface area contributed by atoms with E-state index in [1.165, 1.54) is 23.1 Å². The van der Waals surface area contributed by atoms with Crippen LogP contribution in [0.15, 0.2) is 34.9 Å². The fourth-order valence-corrected chi connectivity index (χ4v) is 3.37. The van der Waals surface area contributed by atoms with Crippen molar-refractivity contribution in [3.05, 3.63) is 36.0 Å². The SMILES string of the molecule is CC(C)CC1CN(C(=O)c2cc(-c3cccc(OC(F)(F)F)c3)on2)C(C)C(=O)N1. The summed E-state index contributed by atoms with van der Waals surface area (Å²) in [6.07, 6.45) is -4.10. The molecule has 1 N–H and O–H groups in total. The molecule has 1 aromatic heterocycles. The Morgan fingerprint density at radius 2 is 2.10 bits per heavy atom. The second-order valence-corrected chi connectivity index (χ2v) is 7.62. The number of halogens is 3. The van der Waals surface area contributed by atoms with E-state index in [9.17, 15) is 22.8 Å². The minimum atomic E-state index is -4.82. The number of piperazine rings is 1. The molecule has 162 valence electrons. The van der Waals surface area contributed by atoms with Crippen LogP contribution in [0.25, 0.3) is 11.3 Å². The predicted octanol–water partition coefficient (Wildman–Crippen LogP) is 3.62. The first kappa shape index (κ1) is 21.7. The van der Waals surface area contributed by atoms with Gasteiger partial charge in [-0.1, -0.05) is 31.1 Å². The monoisotopic (exact) mass is 425 g/mol. The highest BCUT2D eigenvalue weighted by atomic mass is 19.4. The maximum Gasteiger partial charge on any atom is 0.573 e. The summed E-state index contributed by atoms with van der Waals surface area (Å²) in [4.78, 5) is 26.6. The van der Waals surface area contributed by atoms with Gasteiger partial charge in [0.05, 0.1) is 0 Å². The normalized spacial score (nSPS) is 19.7. The fraction of sp³-hybridized carbons (Fsp3) is 0.450. The molecule has 1 saturated heterocycles. The number of ether oxygens (including phenoxy) is 1. The summed E-state index contributed by atoms with van der Waals surface area (Å²) >= 11 is 0. The Morgan fingerprint density at radius 1 is 1.37 bits per heavy atom. The molecule has 1 aromatic carbocycles. The molecule has 1 aliphatic rings. The molecule has 7 nitrogen and oxygen atoms in total. The number of carbonyl (C=O) groups excluding carboxylic acids is 2. The summed E-state index contributed by atoms with van der Waals surface area (Å²) in [6.45, 7) is 6.01. The molecule has 0 saturated carbocycles. The summed E-state index contributed by atoms with van der Waals surface area (Å²) in [7, 11) is 0. The van der Waals surface area contributed by atoms with Gasteiger partial charge in [0.2, 0.25) is 5.91 Å². The molecule has 0 bridgehead atoms. The van der Waals surface area contributed by atoms with Gasteiger partial charge in [0, 0.05) is 24.2 Å². The van der Waals surface area contributed by atoms with Crippen LogP contribution in [0.3, 0.4) is 0 Å². The molecular weight excluding hydrogens is 403 g/mol. The maximum absolute atomic E-state index is 12.9. The third-order valence-corrected chi connectivity index (χ3v) is 4.71. The lowest BCUT2D eigenvalue weighted by Gasteiger charge is -2.38. The maximum atomic E-state index is 12.9. The van der Waals surface area contributed by atoms with E-state index in [0.29, 0.717) is 12.5 Å². The average Bonchev–Trinajstić information content (AvgIpc) is 3.12. The van der Waals surface area contributed by atoms with Gasteiger partial charge in [-0.25, -0.2) is 0 Å². The average molecular weight is 425 g/mol. The highest BCUT2D eigenvalue weighted by Crippen LogP contribution is 2.29. The summed E-state index contributed by atoms with van der Waals surface area (Å²) in [5, 5.41) is 6.66. The van der Waals surface area contributed by atoms with Gasteiger partial charge in [-0.15, -0.1) is 13.2 Å². The molecular formula is C20H22F3N3O4. The van der Waals surface area contributed by atoms with Crippen LogP contribution in [0.2, 0.25) is 0 Å². The first-order valence-electron chi connectivity index (χ1n) is 9.47. The Morgan fingerprint density at radius 3 is 2.77 bits per heavy atom. The summed E-state index contributed by atoms with van der Waals surface area (Å²) in [6, 6.07) is 5.66. The van der Waals surface area contributed by atoms with E-state index >= 15 is 0 Å². The molecule has 1 fully saturated rings. The Hall–Kier alpha value is -3.04. The highest BCUT2D eigenvalue weighted by molar-refractivity contribution is 5.97. The zero-order valence-corrected chi connectivity index (χ0v) is 16.7. The standard InChI is InChI=1S/C20H22F3N3O4/c1-11(2)7-14-10-26(12(3)18(27)24-14)19(28)16-9-17(30-25-16)13-5-4-6-15(8-13)29-20(21,22)23/h4-6,8-9,11-12,14H,7,10H2,1-3H3,(H,24,27). The molecule has 0 radical (unpaired) electrons. The van der Waals surface area contributed by atoms with Crippen LogP contribution in [0.4, 0.5) is 13.2 Å². The van der Waals surface area contributed by atoms with E-state index < -0.39 is 24.1 Å². The molecule has 2 heterocycles. The number of aromatic nitrogens is 1. The smallest absolute Gasteiger partial charge is 0.406 e. The van der Waals surface area contributed by atoms with Gasteiger partial charge in [0.1, 0.15) is 11.8 Å². The molecule has 30 heavy (non-hydrogen) atoms. The van der Waals surface area contributed by atoms with Crippen molar-refractivity contribution >= 4 is 11.8 Å². The molecule has 2 aromatic rings. The number of hydrogen-bond donors (Lipinski definition) is 1. The van der Waals surface area contributed by atoms with Crippen LogP contribution < -0.4 is 10.1 Å². The molecule has 2 unspecified atom stereocenters. The topological polar surface area (TPSA) is 84.7 Å². The molecule has 3 rings (SSSR count). The van der Waals surface area contributed by atoms with E-state index in [2.05, 4.69) is 15.2 Å². The van der Waals surface area contributed by atoms with Crippen LogP contribution in [0.5, 0.6) is 5.75 Å². The van der Waals surface area contributed by atoms with Crippen molar-refractivity contribution in [2.45, 2.75) is 45.6 Å². The highest BCUT2D eigenvalue weighted by Gasteiger charge is 2.36. The number of rotatable bonds is 5. The lowest BCUT2D eigenvalue weighted by molar-refractivity contribution is -0.274. The lowest BCUT2D eigenvalue weighted by Crippen LogP contribution is -2.60. The Balaban J connectivity index is 1.79. The molecule has 2 atom stereocenters. The Kier molecular flexibility index (Phi) is 6.04. The van der Waals surface area contributed by atoms with Crippen molar-refractivity contribution in [3.8, 4) is 17.1 Å². The van der Waals surface area contributed by atoms with Gasteiger partial charge in [0.25, 0.3) is 5.91 Å². The molecule has 1 aliphatic heterocycles. The molecule has 0 spiro atoms. The summed E-state index contributed by atoms with van der Waals surface area (Å²) < 4.78 is 46.4. The third-order valence-electron chi connectivity index (χ3n) is 4.71. The molecule has 2 amide bonds. The second-order valence-electron chi connectivity index (χ2n) is 7.62. The van der Waals surface area contributed by atoms with E-state index in [1.54, 1.807) is 6.92 Å². The van der Waals surface area contributed by atoms with Crippen LogP contribution >= 0.6 is 0 Å². The van der Waals surface area contributed by atoms with Crippen LogP contribution in [0, 0.1) is 5.92 Å². The third kappa shape index (κ3) is 5.11. The van der Waals surface area contributed by atoms with E-state index in [4.69, 9.17) is 4.52 Å². The summed E-state index contributed by atoms with van der Waals surface area (Å²) in [5.74, 6) is -0.698. The number of hydrogen-bond acceptors (Lipinski definition) is 5. The summed E-state index contributed by atoms with van der Waals surface area (Å²) in [5.41, 5.74) is 0.238. The minimum Gasteiger partial charge on any atom is -0.406 e. The number of alkyl halides is 3. The van der Waals surface area contributed by atoms with Crippen LogP contribution in [0.1, 0.15) is 37.7 Å². The first-order valence-corrected chi connectivity index (χ1v) is 9.47. The van der Waals surface area contributed by atoms with Crippen LogP contribution in [-0.2, 0) is 4.79 Å². The lowest BCUT2D eigenvalue weighted by atomic mass is 9.99. The zero-order valence-electron chi connectivity index (χ0n) is 16.7. The predicted molar refractivity (Wildman–Crippen MR) is 101 cm³/mol. The first-order chi connectivity index (χ1) is 14.0. The quantitative estimate of drug-likeness (QED) is 0.791. The van der Waals surface area contributed by atoms with Gasteiger partial charge < -0.3 is 19.5 Å². The largest absolute Gasteiger partial charge is 0.573 e. The van der Waals surface area contributed by atoms with Crippen LogP contribution in [-0.4, -0.2) is 46.9 Å². The molecule has 0 aliphatic carbocycles. The van der Waals surface area contributed by atoms with Crippen molar-refractivity contribution in [3.63, 3.8) is 0 Å². The van der Waals surface area contributed by atoms with E-state index in [-0.39, 0.29) is 29.0 Å². The van der Waals surface area contributed by atoms with Crippen molar-refractivity contribution in [1.29, 1.82) is 0 Å². The fourth-order valence-electron chi connectivity index (χ4n) is 3.37. The van der Waals surface area contributed by atoms with E-state index in [0.717, 1.165) is 18.6 Å². The van der Waals surface area contributed by atoms with Crippen molar-refractivity contribution in [2.24, 2.45) is 5.92 Å². The Labute approximate surface area is 171 Å². The number of carbonyl (C=O) groups is 2. The van der Waals surface area contributed by atoms with E-state index in [1.807, 2.05) is 13.8 Å². The van der Waals surface area contributed by atoms with Gasteiger partial charge >= 0.3 is 6.36 Å². The number of nitrogens with one attached hydrogen (secondary N) is 1. The van der Waals surface area contributed by atoms with Crippen molar-refractivity contribution in [2.75, 3.05) is 6.54 Å². The Bertz CT molecular complexity index is 926. The van der Waals surface area contributed by atoms with Crippen molar-refractivity contribution < 1.29 is 32.0 Å². The van der Waals surface area contributed by atoms with Gasteiger partial charge in [0.15, 0.2) is 11.5 Å². The van der Waals surface area contributed by atoms with Gasteiger partial charge in [-0.3, -0.25) is 9.59 Å². The minimum absolute atomic E-state index is 0.0306. The zero-order chi connectivity index (χ0) is 22.1. The number of benzene rings is 1. The second kappa shape index (κ2) is 8.37. The molecule has 10 heteroatoms.